The summed E-state index contributed by atoms with van der Waals surface area (Å²) in [7, 11) is 0. The molecule has 6 nitrogen and oxygen atoms in total. The molecule has 0 bridgehead atoms. The molecule has 1 aliphatic carbocycles. The minimum Gasteiger partial charge on any atom is -0.355 e. The first kappa shape index (κ1) is 26.8. The lowest BCUT2D eigenvalue weighted by atomic mass is 9.69. The van der Waals surface area contributed by atoms with Gasteiger partial charge in [-0.05, 0) is 25.0 Å². The lowest BCUT2D eigenvalue weighted by Crippen LogP contribution is -2.61. The van der Waals surface area contributed by atoms with E-state index in [1.54, 1.807) is 17.5 Å². The molecule has 0 atom stereocenters. The number of nitrogens with zero attached hydrogens (tertiary/aromatic N) is 3. The molecule has 5 rings (SSSR count). The van der Waals surface area contributed by atoms with Crippen molar-refractivity contribution in [3.63, 3.8) is 0 Å². The monoisotopic (exact) mass is 541 g/mol. The molecule has 1 saturated carbocycles. The maximum atomic E-state index is 14.2. The molecule has 2 aliphatic rings. The predicted molar refractivity (Wildman–Crippen MR) is 141 cm³/mol. The minimum atomic E-state index is -0.785. The van der Waals surface area contributed by atoms with E-state index in [0.29, 0.717) is 32.0 Å². The molecule has 0 radical (unpaired) electrons. The molecule has 0 amide bonds. The van der Waals surface area contributed by atoms with Gasteiger partial charge in [0.25, 0.3) is 0 Å². The first-order chi connectivity index (χ1) is 18.1. The Bertz CT molecular complexity index is 1290. The number of carbonyl (C=O) groups excluding carboxylic acids is 2. The van der Waals surface area contributed by atoms with E-state index in [2.05, 4.69) is 15.0 Å². The van der Waals surface area contributed by atoms with Crippen molar-refractivity contribution in [3.05, 3.63) is 58.2 Å². The summed E-state index contributed by atoms with van der Waals surface area (Å²) in [4.78, 5) is 33.6. The average Bonchev–Trinajstić information content (AvgIpc) is 3.55. The van der Waals surface area contributed by atoms with Crippen LogP contribution < -0.4 is 0 Å². The first-order valence-electron chi connectivity index (χ1n) is 13.3. The summed E-state index contributed by atoms with van der Waals surface area (Å²) >= 11 is 1.55. The third-order valence-electron chi connectivity index (χ3n) is 7.92. The highest BCUT2D eigenvalue weighted by atomic mass is 32.1. The van der Waals surface area contributed by atoms with Crippen LogP contribution in [-0.2, 0) is 10.2 Å². The summed E-state index contributed by atoms with van der Waals surface area (Å²) < 4.78 is 32.8. The van der Waals surface area contributed by atoms with Crippen molar-refractivity contribution in [2.75, 3.05) is 13.1 Å². The number of carbonyl (C=O) groups is 2. The van der Waals surface area contributed by atoms with Crippen LogP contribution >= 0.6 is 11.3 Å². The third-order valence-corrected chi connectivity index (χ3v) is 9.06. The Morgan fingerprint density at radius 3 is 2.58 bits per heavy atom. The van der Waals surface area contributed by atoms with Gasteiger partial charge in [0.2, 0.25) is 0 Å². The number of halogens is 2. The van der Waals surface area contributed by atoms with E-state index >= 15 is 0 Å². The Hall–Kier alpha value is -2.78. The molecule has 2 fully saturated rings. The second-order valence-electron chi connectivity index (χ2n) is 11.6. The van der Waals surface area contributed by atoms with Gasteiger partial charge in [-0.25, -0.2) is 13.8 Å². The quantitative estimate of drug-likeness (QED) is 0.269. The molecule has 202 valence electrons. The van der Waals surface area contributed by atoms with Gasteiger partial charge in [-0.3, -0.25) is 14.5 Å². The fourth-order valence-corrected chi connectivity index (χ4v) is 6.83. The smallest absolute Gasteiger partial charge is 0.185 e. The summed E-state index contributed by atoms with van der Waals surface area (Å²) in [5, 5.41) is 6.73. The molecular formula is C29H33F2N3O3S. The molecule has 3 heterocycles. The van der Waals surface area contributed by atoms with Gasteiger partial charge in [-0.2, -0.15) is 0 Å². The second-order valence-corrected chi connectivity index (χ2v) is 12.5. The van der Waals surface area contributed by atoms with Crippen molar-refractivity contribution < 1.29 is 22.9 Å². The van der Waals surface area contributed by atoms with Gasteiger partial charge in [0.05, 0.1) is 10.6 Å². The Morgan fingerprint density at radius 2 is 1.89 bits per heavy atom. The maximum Gasteiger partial charge on any atom is 0.185 e. The van der Waals surface area contributed by atoms with Crippen molar-refractivity contribution >= 4 is 22.9 Å². The van der Waals surface area contributed by atoms with Gasteiger partial charge in [0.15, 0.2) is 11.5 Å². The van der Waals surface area contributed by atoms with Gasteiger partial charge in [0.1, 0.15) is 23.1 Å². The van der Waals surface area contributed by atoms with Gasteiger partial charge < -0.3 is 4.52 Å². The molecule has 3 aromatic rings. The molecule has 0 N–H and O–H groups in total. The molecule has 1 aromatic carbocycles. The zero-order valence-electron chi connectivity index (χ0n) is 21.8. The summed E-state index contributed by atoms with van der Waals surface area (Å²) in [6, 6.07) is 5.06. The highest BCUT2D eigenvalue weighted by Crippen LogP contribution is 2.43. The average molecular weight is 542 g/mol. The van der Waals surface area contributed by atoms with E-state index in [4.69, 9.17) is 4.52 Å². The molecule has 1 aliphatic heterocycles. The van der Waals surface area contributed by atoms with E-state index in [9.17, 15) is 18.4 Å². The number of hydrogen-bond donors (Lipinski definition) is 0. The number of thiazole rings is 1. The number of likely N-dealkylation sites (tertiary alicyclic amines) is 1. The van der Waals surface area contributed by atoms with Gasteiger partial charge in [0, 0.05) is 72.9 Å². The Morgan fingerprint density at radius 1 is 1.13 bits per heavy atom. The standard InChI is InChI=1S/C29H33F2N3O3S/c1-28(2,27-32-10-11-38-27)14-21(35)15-29(17-34(18-29)20-6-4-3-5-7-20)16-25(36)24-13-26(37-33-24)22-9-8-19(30)12-23(22)31/h8-13,20H,3-7,14-18H2,1-2H3. The number of Topliss-reactive ketones (excluding diaryl/α,β-unsaturated/α-hetero) is 2. The van der Waals surface area contributed by atoms with E-state index in [1.165, 1.54) is 31.4 Å². The highest BCUT2D eigenvalue weighted by Gasteiger charge is 2.48. The van der Waals surface area contributed by atoms with E-state index in [0.717, 1.165) is 30.0 Å². The van der Waals surface area contributed by atoms with Crippen LogP contribution in [0.1, 0.15) is 80.7 Å². The van der Waals surface area contributed by atoms with Gasteiger partial charge >= 0.3 is 0 Å². The molecule has 9 heteroatoms. The van der Waals surface area contributed by atoms with Crippen LogP contribution in [0.15, 0.2) is 40.4 Å². The molecule has 2 aromatic heterocycles. The van der Waals surface area contributed by atoms with Crippen LogP contribution in [0.5, 0.6) is 0 Å². The van der Waals surface area contributed by atoms with Crippen molar-refractivity contribution in [1.82, 2.24) is 15.0 Å². The van der Waals surface area contributed by atoms with Crippen LogP contribution in [-0.4, -0.2) is 45.7 Å². The SMILES string of the molecule is CC(C)(CC(=O)CC1(CC(=O)c2cc(-c3ccc(F)cc3F)on2)CN(C2CCCCC2)C1)c1nccs1. The largest absolute Gasteiger partial charge is 0.355 e. The number of ketones is 2. The second kappa shape index (κ2) is 10.8. The van der Waals surface area contributed by atoms with Crippen LogP contribution in [0.25, 0.3) is 11.3 Å². The number of hydrogen-bond acceptors (Lipinski definition) is 7. The summed E-state index contributed by atoms with van der Waals surface area (Å²) in [5.74, 6) is -1.53. The normalized spacial score (nSPS) is 18.3. The van der Waals surface area contributed by atoms with Gasteiger partial charge in [-0.15, -0.1) is 11.3 Å². The number of rotatable bonds is 10. The van der Waals surface area contributed by atoms with E-state index in [1.807, 2.05) is 19.2 Å². The van der Waals surface area contributed by atoms with Crippen LogP contribution in [0.3, 0.4) is 0 Å². The van der Waals surface area contributed by atoms with Crippen molar-refractivity contribution in [2.24, 2.45) is 5.41 Å². The lowest BCUT2D eigenvalue weighted by molar-refractivity contribution is -0.127. The summed E-state index contributed by atoms with van der Waals surface area (Å²) in [6.07, 6.45) is 8.61. The summed E-state index contributed by atoms with van der Waals surface area (Å²) in [5.41, 5.74) is -0.705. The molecule has 1 saturated heterocycles. The minimum absolute atomic E-state index is 0.0411. The fraction of sp³-hybridized carbons (Fsp3) is 0.517. The van der Waals surface area contributed by atoms with Crippen molar-refractivity contribution in [2.45, 2.75) is 76.7 Å². The predicted octanol–water partition coefficient (Wildman–Crippen LogP) is 6.61. The van der Waals surface area contributed by atoms with Crippen molar-refractivity contribution in [3.8, 4) is 11.3 Å². The van der Waals surface area contributed by atoms with Crippen LogP contribution in [0.2, 0.25) is 0 Å². The third kappa shape index (κ3) is 5.78. The first-order valence-corrected chi connectivity index (χ1v) is 14.1. The Balaban J connectivity index is 1.31. The zero-order chi connectivity index (χ0) is 26.9. The molecule has 0 spiro atoms. The van der Waals surface area contributed by atoms with Gasteiger partial charge in [-0.1, -0.05) is 38.3 Å². The van der Waals surface area contributed by atoms with E-state index in [-0.39, 0.29) is 40.4 Å². The summed E-state index contributed by atoms with van der Waals surface area (Å²) in [6.45, 7) is 5.46. The Kier molecular flexibility index (Phi) is 7.60. The van der Waals surface area contributed by atoms with Crippen LogP contribution in [0.4, 0.5) is 8.78 Å². The lowest BCUT2D eigenvalue weighted by Gasteiger charge is -2.54. The molecule has 0 unspecified atom stereocenters. The molecule has 38 heavy (non-hydrogen) atoms. The molecular weight excluding hydrogens is 508 g/mol. The maximum absolute atomic E-state index is 14.2. The topological polar surface area (TPSA) is 76.3 Å². The van der Waals surface area contributed by atoms with Crippen LogP contribution in [0, 0.1) is 17.0 Å². The fourth-order valence-electron chi connectivity index (χ4n) is 6.07. The Labute approximate surface area is 225 Å². The number of aromatic nitrogens is 2. The highest BCUT2D eigenvalue weighted by molar-refractivity contribution is 7.09. The van der Waals surface area contributed by atoms with E-state index < -0.39 is 17.0 Å². The number of benzene rings is 1. The van der Waals surface area contributed by atoms with Crippen molar-refractivity contribution in [1.29, 1.82) is 0 Å². The zero-order valence-corrected chi connectivity index (χ0v) is 22.7.